The molecule has 148 valence electrons. The molecule has 1 aliphatic heterocycles. The van der Waals surface area contributed by atoms with Gasteiger partial charge in [0.1, 0.15) is 5.69 Å². The minimum Gasteiger partial charge on any atom is -0.267 e. The van der Waals surface area contributed by atoms with E-state index in [2.05, 4.69) is 15.8 Å². The van der Waals surface area contributed by atoms with Crippen LogP contribution in [0.2, 0.25) is 5.02 Å². The lowest BCUT2D eigenvalue weighted by atomic mass is 10.2. The number of nitrogens with zero attached hydrogens (tertiary/aromatic N) is 2. The molecule has 0 aliphatic carbocycles. The number of hydrogen-bond donors (Lipinski definition) is 2. The van der Waals surface area contributed by atoms with Crippen LogP contribution in [0.5, 0.6) is 0 Å². The van der Waals surface area contributed by atoms with Crippen molar-refractivity contribution in [2.24, 2.45) is 0 Å². The van der Waals surface area contributed by atoms with Crippen molar-refractivity contribution < 1.29 is 18.0 Å². The van der Waals surface area contributed by atoms with Crippen molar-refractivity contribution in [3.8, 4) is 0 Å². The van der Waals surface area contributed by atoms with E-state index in [0.29, 0.717) is 13.1 Å². The molecule has 0 atom stereocenters. The van der Waals surface area contributed by atoms with Crippen LogP contribution < -0.4 is 10.9 Å². The van der Waals surface area contributed by atoms with Gasteiger partial charge >= 0.3 is 0 Å². The first-order valence-corrected chi connectivity index (χ1v) is 10.5. The number of halogens is 1. The van der Waals surface area contributed by atoms with E-state index in [-0.39, 0.29) is 21.2 Å². The zero-order valence-corrected chi connectivity index (χ0v) is 16.5. The van der Waals surface area contributed by atoms with E-state index < -0.39 is 21.8 Å². The number of carbonyl (C=O) groups is 2. The van der Waals surface area contributed by atoms with Crippen molar-refractivity contribution in [3.63, 3.8) is 0 Å². The van der Waals surface area contributed by atoms with Gasteiger partial charge in [0.25, 0.3) is 11.8 Å². The minimum atomic E-state index is -3.71. The quantitative estimate of drug-likeness (QED) is 0.732. The first-order valence-electron chi connectivity index (χ1n) is 8.71. The molecule has 1 aliphatic rings. The average molecular weight is 423 g/mol. The number of sulfonamides is 1. The summed E-state index contributed by atoms with van der Waals surface area (Å²) in [6.07, 6.45) is 4.05. The predicted molar refractivity (Wildman–Crippen MR) is 103 cm³/mol. The number of nitrogens with one attached hydrogen (secondary N) is 2. The fraction of sp³-hybridized carbons (Fsp3) is 0.278. The highest BCUT2D eigenvalue weighted by molar-refractivity contribution is 7.89. The molecule has 10 heteroatoms. The van der Waals surface area contributed by atoms with E-state index in [1.54, 1.807) is 12.1 Å². The third-order valence-electron chi connectivity index (χ3n) is 4.32. The highest BCUT2D eigenvalue weighted by Crippen LogP contribution is 2.25. The molecule has 0 bridgehead atoms. The van der Waals surface area contributed by atoms with Crippen LogP contribution in [-0.4, -0.2) is 42.6 Å². The van der Waals surface area contributed by atoms with Crippen LogP contribution in [0.25, 0.3) is 0 Å². The maximum absolute atomic E-state index is 12.8. The van der Waals surface area contributed by atoms with Gasteiger partial charge in [0.15, 0.2) is 0 Å². The second-order valence-electron chi connectivity index (χ2n) is 6.23. The third kappa shape index (κ3) is 4.49. The average Bonchev–Trinajstić information content (AvgIpc) is 2.73. The largest absolute Gasteiger partial charge is 0.288 e. The van der Waals surface area contributed by atoms with Crippen LogP contribution in [0.3, 0.4) is 0 Å². The van der Waals surface area contributed by atoms with Crippen molar-refractivity contribution in [2.45, 2.75) is 24.2 Å². The maximum atomic E-state index is 12.8. The van der Waals surface area contributed by atoms with E-state index in [4.69, 9.17) is 11.6 Å². The Morgan fingerprint density at radius 1 is 1.00 bits per heavy atom. The summed E-state index contributed by atoms with van der Waals surface area (Å²) in [5, 5.41) is 0.0715. The molecule has 2 amide bonds. The number of hydrazine groups is 1. The fourth-order valence-electron chi connectivity index (χ4n) is 2.84. The molecule has 0 saturated carbocycles. The first-order chi connectivity index (χ1) is 13.4. The predicted octanol–water partition coefficient (Wildman–Crippen LogP) is 1.98. The molecule has 1 fully saturated rings. The van der Waals surface area contributed by atoms with Crippen LogP contribution >= 0.6 is 11.6 Å². The lowest BCUT2D eigenvalue weighted by Gasteiger charge is -2.26. The Hall–Kier alpha value is -2.49. The summed E-state index contributed by atoms with van der Waals surface area (Å²) in [6.45, 7) is 0.902. The summed E-state index contributed by atoms with van der Waals surface area (Å²) in [7, 11) is -3.71. The van der Waals surface area contributed by atoms with Gasteiger partial charge in [0, 0.05) is 19.3 Å². The minimum absolute atomic E-state index is 0.0139. The lowest BCUT2D eigenvalue weighted by molar-refractivity contribution is 0.0844. The molecule has 1 aromatic heterocycles. The Morgan fingerprint density at radius 2 is 1.71 bits per heavy atom. The van der Waals surface area contributed by atoms with Gasteiger partial charge in [0.05, 0.1) is 15.5 Å². The second-order valence-corrected chi connectivity index (χ2v) is 8.57. The molecule has 2 heterocycles. The van der Waals surface area contributed by atoms with Gasteiger partial charge in [-0.15, -0.1) is 0 Å². The number of aromatic nitrogens is 1. The van der Waals surface area contributed by atoms with Crippen LogP contribution in [0.15, 0.2) is 47.5 Å². The molecule has 0 radical (unpaired) electrons. The number of benzene rings is 1. The van der Waals surface area contributed by atoms with Gasteiger partial charge in [0.2, 0.25) is 10.0 Å². The number of amides is 2. The summed E-state index contributed by atoms with van der Waals surface area (Å²) < 4.78 is 27.0. The summed E-state index contributed by atoms with van der Waals surface area (Å²) >= 11 is 6.06. The number of rotatable bonds is 4. The topological polar surface area (TPSA) is 108 Å². The first kappa shape index (κ1) is 20.2. The van der Waals surface area contributed by atoms with Crippen molar-refractivity contribution in [1.29, 1.82) is 0 Å². The van der Waals surface area contributed by atoms with Gasteiger partial charge in [-0.2, -0.15) is 4.31 Å². The molecule has 0 spiro atoms. The Labute approximate surface area is 167 Å². The normalized spacial score (nSPS) is 15.0. The molecule has 8 nitrogen and oxygen atoms in total. The van der Waals surface area contributed by atoms with Crippen LogP contribution in [0, 0.1) is 0 Å². The summed E-state index contributed by atoms with van der Waals surface area (Å²) in [6, 6.07) is 8.72. The van der Waals surface area contributed by atoms with Crippen molar-refractivity contribution >= 4 is 33.4 Å². The molecule has 1 aromatic carbocycles. The zero-order chi connectivity index (χ0) is 20.1. The highest BCUT2D eigenvalue weighted by atomic mass is 35.5. The van der Waals surface area contributed by atoms with Gasteiger partial charge in [-0.25, -0.2) is 8.42 Å². The molecular weight excluding hydrogens is 404 g/mol. The Morgan fingerprint density at radius 3 is 2.39 bits per heavy atom. The summed E-state index contributed by atoms with van der Waals surface area (Å²) in [4.78, 5) is 28.2. The molecule has 3 rings (SSSR count). The van der Waals surface area contributed by atoms with Gasteiger partial charge < -0.3 is 0 Å². The number of pyridine rings is 1. The van der Waals surface area contributed by atoms with Crippen molar-refractivity contribution in [2.75, 3.05) is 13.1 Å². The SMILES string of the molecule is O=C(NNC(=O)c1cc(S(=O)(=O)N2CCCCC2)ccc1Cl)c1ccccn1. The van der Waals surface area contributed by atoms with Gasteiger partial charge in [-0.1, -0.05) is 24.1 Å². The number of hydrogen-bond acceptors (Lipinski definition) is 5. The molecule has 2 aromatic rings. The molecule has 2 N–H and O–H groups in total. The Kier molecular flexibility index (Phi) is 6.28. The van der Waals surface area contributed by atoms with Crippen LogP contribution in [0.1, 0.15) is 40.1 Å². The smallest absolute Gasteiger partial charge is 0.267 e. The van der Waals surface area contributed by atoms with Crippen LogP contribution in [0.4, 0.5) is 0 Å². The second kappa shape index (κ2) is 8.68. The summed E-state index contributed by atoms with van der Waals surface area (Å²) in [5.41, 5.74) is 4.52. The highest BCUT2D eigenvalue weighted by Gasteiger charge is 2.27. The van der Waals surface area contributed by atoms with E-state index in [1.807, 2.05) is 0 Å². The third-order valence-corrected chi connectivity index (χ3v) is 6.55. The van der Waals surface area contributed by atoms with Crippen LogP contribution in [-0.2, 0) is 10.0 Å². The zero-order valence-electron chi connectivity index (χ0n) is 14.9. The van der Waals surface area contributed by atoms with E-state index in [1.165, 1.54) is 34.8 Å². The maximum Gasteiger partial charge on any atom is 0.288 e. The van der Waals surface area contributed by atoms with E-state index in [9.17, 15) is 18.0 Å². The number of carbonyl (C=O) groups excluding carboxylic acids is 2. The van der Waals surface area contributed by atoms with E-state index >= 15 is 0 Å². The van der Waals surface area contributed by atoms with Crippen molar-refractivity contribution in [1.82, 2.24) is 20.1 Å². The van der Waals surface area contributed by atoms with Gasteiger partial charge in [-0.05, 0) is 43.2 Å². The summed E-state index contributed by atoms with van der Waals surface area (Å²) in [5.74, 6) is -1.34. The molecule has 1 saturated heterocycles. The monoisotopic (exact) mass is 422 g/mol. The standard InChI is InChI=1S/C18H19ClN4O4S/c19-15-8-7-13(28(26,27)23-10-4-1-5-11-23)12-14(15)17(24)21-22-18(25)16-6-2-3-9-20-16/h2-3,6-9,12H,1,4-5,10-11H2,(H,21,24)(H,22,25). The van der Waals surface area contributed by atoms with E-state index in [0.717, 1.165) is 19.3 Å². The molecular formula is C18H19ClN4O4S. The lowest BCUT2D eigenvalue weighted by Crippen LogP contribution is -2.42. The Bertz CT molecular complexity index is 976. The Balaban J connectivity index is 1.75. The number of piperidine rings is 1. The molecule has 28 heavy (non-hydrogen) atoms. The van der Waals surface area contributed by atoms with Gasteiger partial charge in [-0.3, -0.25) is 25.4 Å². The fourth-order valence-corrected chi connectivity index (χ4v) is 4.58. The van der Waals surface area contributed by atoms with Crippen molar-refractivity contribution in [3.05, 3.63) is 58.9 Å². The molecule has 0 unspecified atom stereocenters.